The van der Waals surface area contributed by atoms with E-state index in [4.69, 9.17) is 0 Å². The number of hydrogen-bond acceptors (Lipinski definition) is 4. The highest BCUT2D eigenvalue weighted by Gasteiger charge is 2.15. The van der Waals surface area contributed by atoms with Crippen molar-refractivity contribution >= 4 is 11.7 Å². The van der Waals surface area contributed by atoms with Gasteiger partial charge < -0.3 is 5.32 Å². The Kier molecular flexibility index (Phi) is 4.47. The van der Waals surface area contributed by atoms with E-state index in [9.17, 15) is 4.79 Å². The predicted octanol–water partition coefficient (Wildman–Crippen LogP) is 1.45. The SMILES string of the molecule is C[C@@H](c1cccnc1)N(C)CC(=O)Nc1ccn(C)n1. The molecule has 2 aromatic rings. The Morgan fingerprint density at radius 3 is 2.90 bits per heavy atom. The first-order chi connectivity index (χ1) is 9.56. The van der Waals surface area contributed by atoms with E-state index < -0.39 is 0 Å². The van der Waals surface area contributed by atoms with Crippen LogP contribution in [0.1, 0.15) is 18.5 Å². The molecular formula is C14H19N5O. The van der Waals surface area contributed by atoms with Gasteiger partial charge in [-0.15, -0.1) is 0 Å². The zero-order valence-electron chi connectivity index (χ0n) is 11.9. The molecule has 0 aromatic carbocycles. The molecule has 20 heavy (non-hydrogen) atoms. The number of aryl methyl sites for hydroxylation is 1. The lowest BCUT2D eigenvalue weighted by Gasteiger charge is -2.23. The van der Waals surface area contributed by atoms with Gasteiger partial charge in [0.1, 0.15) is 0 Å². The summed E-state index contributed by atoms with van der Waals surface area (Å²) in [6.45, 7) is 2.34. The number of nitrogens with one attached hydrogen (secondary N) is 1. The predicted molar refractivity (Wildman–Crippen MR) is 77.1 cm³/mol. The second kappa shape index (κ2) is 6.29. The van der Waals surface area contributed by atoms with Crippen LogP contribution in [0.4, 0.5) is 5.82 Å². The van der Waals surface area contributed by atoms with Crippen molar-refractivity contribution in [3.05, 3.63) is 42.4 Å². The number of anilines is 1. The van der Waals surface area contributed by atoms with Crippen molar-refractivity contribution in [3.63, 3.8) is 0 Å². The zero-order valence-corrected chi connectivity index (χ0v) is 11.9. The summed E-state index contributed by atoms with van der Waals surface area (Å²) in [5.41, 5.74) is 1.08. The number of hydrogen-bond donors (Lipinski definition) is 1. The van der Waals surface area contributed by atoms with E-state index >= 15 is 0 Å². The van der Waals surface area contributed by atoms with Gasteiger partial charge in [0.25, 0.3) is 0 Å². The van der Waals surface area contributed by atoms with E-state index in [-0.39, 0.29) is 11.9 Å². The van der Waals surface area contributed by atoms with Crippen LogP contribution in [0.3, 0.4) is 0 Å². The van der Waals surface area contributed by atoms with Crippen LogP contribution in [0.5, 0.6) is 0 Å². The molecule has 0 aliphatic rings. The van der Waals surface area contributed by atoms with Crippen LogP contribution in [-0.4, -0.2) is 39.2 Å². The summed E-state index contributed by atoms with van der Waals surface area (Å²) >= 11 is 0. The molecule has 2 heterocycles. The van der Waals surface area contributed by atoms with Crippen molar-refractivity contribution in [2.75, 3.05) is 18.9 Å². The molecule has 0 aliphatic carbocycles. The Labute approximate surface area is 118 Å². The van der Waals surface area contributed by atoms with Crippen molar-refractivity contribution in [1.82, 2.24) is 19.7 Å². The van der Waals surface area contributed by atoms with Crippen LogP contribution in [-0.2, 0) is 11.8 Å². The van der Waals surface area contributed by atoms with Crippen LogP contribution in [0.25, 0.3) is 0 Å². The third-order valence-corrected chi connectivity index (χ3v) is 3.20. The Hall–Kier alpha value is -2.21. The maximum absolute atomic E-state index is 12.0. The average Bonchev–Trinajstić information content (AvgIpc) is 2.84. The molecule has 0 bridgehead atoms. The number of pyridine rings is 1. The first-order valence-electron chi connectivity index (χ1n) is 6.46. The Morgan fingerprint density at radius 1 is 1.50 bits per heavy atom. The third-order valence-electron chi connectivity index (χ3n) is 3.20. The van der Waals surface area contributed by atoms with Gasteiger partial charge in [0.2, 0.25) is 5.91 Å². The molecule has 2 aromatic heterocycles. The van der Waals surface area contributed by atoms with E-state index in [1.807, 2.05) is 44.2 Å². The van der Waals surface area contributed by atoms with Gasteiger partial charge in [0.05, 0.1) is 6.54 Å². The Bertz CT molecular complexity index is 566. The Balaban J connectivity index is 1.90. The first-order valence-corrected chi connectivity index (χ1v) is 6.46. The molecule has 0 aliphatic heterocycles. The highest BCUT2D eigenvalue weighted by atomic mass is 16.2. The lowest BCUT2D eigenvalue weighted by Crippen LogP contribution is -2.32. The van der Waals surface area contributed by atoms with Gasteiger partial charge in [-0.3, -0.25) is 19.4 Å². The van der Waals surface area contributed by atoms with Crippen molar-refractivity contribution in [2.45, 2.75) is 13.0 Å². The number of likely N-dealkylation sites (N-methyl/N-ethyl adjacent to an activating group) is 1. The Morgan fingerprint density at radius 2 is 2.30 bits per heavy atom. The lowest BCUT2D eigenvalue weighted by atomic mass is 10.1. The van der Waals surface area contributed by atoms with Gasteiger partial charge in [-0.2, -0.15) is 5.10 Å². The van der Waals surface area contributed by atoms with Crippen LogP contribution >= 0.6 is 0 Å². The molecule has 1 atom stereocenters. The molecule has 0 unspecified atom stereocenters. The largest absolute Gasteiger partial charge is 0.308 e. The first kappa shape index (κ1) is 14.2. The lowest BCUT2D eigenvalue weighted by molar-refractivity contribution is -0.117. The van der Waals surface area contributed by atoms with Gasteiger partial charge in [-0.25, -0.2) is 0 Å². The van der Waals surface area contributed by atoms with E-state index in [1.165, 1.54) is 0 Å². The number of rotatable bonds is 5. The molecule has 0 saturated carbocycles. The minimum Gasteiger partial charge on any atom is -0.308 e. The van der Waals surface area contributed by atoms with Crippen molar-refractivity contribution in [1.29, 1.82) is 0 Å². The van der Waals surface area contributed by atoms with Gasteiger partial charge >= 0.3 is 0 Å². The molecule has 6 heteroatoms. The average molecular weight is 273 g/mol. The second-order valence-corrected chi connectivity index (χ2v) is 4.80. The fourth-order valence-electron chi connectivity index (χ4n) is 1.91. The van der Waals surface area contributed by atoms with Crippen LogP contribution in [0, 0.1) is 0 Å². The molecule has 106 valence electrons. The fourth-order valence-corrected chi connectivity index (χ4v) is 1.91. The van der Waals surface area contributed by atoms with E-state index in [2.05, 4.69) is 15.4 Å². The van der Waals surface area contributed by atoms with Crippen molar-refractivity contribution in [2.24, 2.45) is 7.05 Å². The van der Waals surface area contributed by atoms with Gasteiger partial charge in [-0.05, 0) is 25.6 Å². The van der Waals surface area contributed by atoms with Crippen molar-refractivity contribution in [3.8, 4) is 0 Å². The fraction of sp³-hybridized carbons (Fsp3) is 0.357. The minimum atomic E-state index is -0.0815. The highest BCUT2D eigenvalue weighted by molar-refractivity contribution is 5.91. The molecule has 0 spiro atoms. The number of nitrogens with zero attached hydrogens (tertiary/aromatic N) is 4. The summed E-state index contributed by atoms with van der Waals surface area (Å²) in [4.78, 5) is 18.0. The standard InChI is InChI=1S/C14H19N5O/c1-11(12-5-4-7-15-9-12)18(2)10-14(20)16-13-6-8-19(3)17-13/h4-9,11H,10H2,1-3H3,(H,16,17,20)/t11-/m0/s1. The van der Waals surface area contributed by atoms with Crippen LogP contribution in [0.2, 0.25) is 0 Å². The third kappa shape index (κ3) is 3.64. The molecule has 0 saturated heterocycles. The maximum atomic E-state index is 12.0. The van der Waals surface area contributed by atoms with Gasteiger partial charge in [0.15, 0.2) is 5.82 Å². The topological polar surface area (TPSA) is 63.1 Å². The van der Waals surface area contributed by atoms with E-state index in [0.717, 1.165) is 5.56 Å². The second-order valence-electron chi connectivity index (χ2n) is 4.80. The molecule has 0 fully saturated rings. The van der Waals surface area contributed by atoms with E-state index in [1.54, 1.807) is 23.1 Å². The van der Waals surface area contributed by atoms with Crippen LogP contribution in [0.15, 0.2) is 36.8 Å². The summed E-state index contributed by atoms with van der Waals surface area (Å²) in [5, 5.41) is 6.89. The summed E-state index contributed by atoms with van der Waals surface area (Å²) in [6, 6.07) is 5.79. The molecular weight excluding hydrogens is 254 g/mol. The summed E-state index contributed by atoms with van der Waals surface area (Å²) < 4.78 is 1.65. The maximum Gasteiger partial charge on any atom is 0.239 e. The smallest absolute Gasteiger partial charge is 0.239 e. The number of aromatic nitrogens is 3. The molecule has 1 amide bonds. The molecule has 0 radical (unpaired) electrons. The normalized spacial score (nSPS) is 12.4. The zero-order chi connectivity index (χ0) is 14.5. The van der Waals surface area contributed by atoms with Crippen LogP contribution < -0.4 is 5.32 Å². The van der Waals surface area contributed by atoms with Crippen molar-refractivity contribution < 1.29 is 4.79 Å². The van der Waals surface area contributed by atoms with E-state index in [0.29, 0.717) is 12.4 Å². The van der Waals surface area contributed by atoms with Gasteiger partial charge in [-0.1, -0.05) is 6.07 Å². The number of carbonyl (C=O) groups is 1. The molecule has 1 N–H and O–H groups in total. The summed E-state index contributed by atoms with van der Waals surface area (Å²) in [5.74, 6) is 0.488. The number of amides is 1. The number of carbonyl (C=O) groups excluding carboxylic acids is 1. The minimum absolute atomic E-state index is 0.0815. The summed E-state index contributed by atoms with van der Waals surface area (Å²) in [7, 11) is 3.72. The monoisotopic (exact) mass is 273 g/mol. The highest BCUT2D eigenvalue weighted by Crippen LogP contribution is 2.16. The molecule has 2 rings (SSSR count). The quantitative estimate of drug-likeness (QED) is 0.895. The van der Waals surface area contributed by atoms with Gasteiger partial charge in [0, 0.05) is 37.7 Å². The summed E-state index contributed by atoms with van der Waals surface area (Å²) in [6.07, 6.45) is 5.35. The molecule has 6 nitrogen and oxygen atoms in total.